The van der Waals surface area contributed by atoms with Gasteiger partial charge in [-0.1, -0.05) is 26.2 Å². The molecule has 90 valence electrons. The van der Waals surface area contributed by atoms with Crippen molar-refractivity contribution in [2.75, 3.05) is 25.1 Å². The first-order valence-corrected chi connectivity index (χ1v) is 7.76. The van der Waals surface area contributed by atoms with E-state index in [1.54, 1.807) is 0 Å². The molecule has 0 aromatic rings. The first-order valence-electron chi connectivity index (χ1n) is 6.60. The normalized spacial score (nSPS) is 26.8. The maximum atomic E-state index is 3.36. The van der Waals surface area contributed by atoms with Gasteiger partial charge in [0.25, 0.3) is 0 Å². The zero-order valence-corrected chi connectivity index (χ0v) is 11.2. The lowest BCUT2D eigenvalue weighted by Crippen LogP contribution is -2.28. The lowest BCUT2D eigenvalue weighted by Gasteiger charge is -2.31. The van der Waals surface area contributed by atoms with Gasteiger partial charge in [-0.2, -0.15) is 11.8 Å². The fraction of sp³-hybridized carbons (Fsp3) is 1.00. The molecule has 2 heteroatoms. The maximum Gasteiger partial charge on any atom is -0.00209 e. The van der Waals surface area contributed by atoms with Gasteiger partial charge in [0, 0.05) is 0 Å². The molecule has 2 atom stereocenters. The molecule has 0 bridgehead atoms. The van der Waals surface area contributed by atoms with E-state index in [1.165, 1.54) is 56.6 Å². The molecule has 1 aliphatic rings. The lowest BCUT2D eigenvalue weighted by molar-refractivity contribution is 0.220. The molecule has 1 rings (SSSR count). The molecule has 0 aromatic heterocycles. The molecule has 0 amide bonds. The Balaban J connectivity index is 2.17. The van der Waals surface area contributed by atoms with Gasteiger partial charge in [0.05, 0.1) is 0 Å². The van der Waals surface area contributed by atoms with E-state index in [0.29, 0.717) is 0 Å². The quantitative estimate of drug-likeness (QED) is 0.670. The molecule has 0 aliphatic heterocycles. The van der Waals surface area contributed by atoms with Crippen LogP contribution in [0.3, 0.4) is 0 Å². The number of hydrogen-bond acceptors (Lipinski definition) is 2. The third-order valence-electron chi connectivity index (χ3n) is 3.60. The number of thioether (sulfide) groups is 1. The topological polar surface area (TPSA) is 12.0 Å². The van der Waals surface area contributed by atoms with E-state index < -0.39 is 0 Å². The SMILES string of the molecule is CCSCCCC1CCCCC1CNC. The molecule has 0 heterocycles. The van der Waals surface area contributed by atoms with Crippen LogP contribution in [-0.2, 0) is 0 Å². The van der Waals surface area contributed by atoms with E-state index in [2.05, 4.69) is 31.1 Å². The van der Waals surface area contributed by atoms with Gasteiger partial charge in [-0.05, 0) is 56.2 Å². The molecule has 1 nitrogen and oxygen atoms in total. The van der Waals surface area contributed by atoms with Crippen LogP contribution in [0.15, 0.2) is 0 Å². The van der Waals surface area contributed by atoms with Crippen molar-refractivity contribution in [1.29, 1.82) is 0 Å². The van der Waals surface area contributed by atoms with Gasteiger partial charge in [-0.15, -0.1) is 0 Å². The highest BCUT2D eigenvalue weighted by Crippen LogP contribution is 2.33. The molecule has 0 radical (unpaired) electrons. The molecule has 1 fully saturated rings. The second-order valence-corrected chi connectivity index (χ2v) is 6.10. The Bertz CT molecular complexity index is 147. The fourth-order valence-electron chi connectivity index (χ4n) is 2.79. The van der Waals surface area contributed by atoms with E-state index >= 15 is 0 Å². The Kier molecular flexibility index (Phi) is 7.54. The molecule has 1 N–H and O–H groups in total. The standard InChI is InChI=1S/C13H27NS/c1-3-15-10-6-9-12-7-4-5-8-13(12)11-14-2/h12-14H,3-11H2,1-2H3. The molecule has 0 saturated heterocycles. The van der Waals surface area contributed by atoms with Crippen molar-refractivity contribution < 1.29 is 0 Å². The summed E-state index contributed by atoms with van der Waals surface area (Å²) >= 11 is 2.10. The minimum absolute atomic E-state index is 0.968. The molecule has 0 aromatic carbocycles. The van der Waals surface area contributed by atoms with Crippen LogP contribution in [0.5, 0.6) is 0 Å². The van der Waals surface area contributed by atoms with Crippen molar-refractivity contribution in [2.45, 2.75) is 45.4 Å². The summed E-state index contributed by atoms with van der Waals surface area (Å²) in [5.74, 6) is 4.64. The van der Waals surface area contributed by atoms with Crippen LogP contribution in [0.2, 0.25) is 0 Å². The van der Waals surface area contributed by atoms with Crippen LogP contribution < -0.4 is 5.32 Å². The fourth-order valence-corrected chi connectivity index (χ4v) is 3.45. The first-order chi connectivity index (χ1) is 7.38. The molecular formula is C13H27NS. The average Bonchev–Trinajstić information content (AvgIpc) is 2.27. The van der Waals surface area contributed by atoms with Crippen LogP contribution >= 0.6 is 11.8 Å². The maximum absolute atomic E-state index is 3.36. The highest BCUT2D eigenvalue weighted by Gasteiger charge is 2.23. The summed E-state index contributed by atoms with van der Waals surface area (Å²) in [5, 5.41) is 3.36. The van der Waals surface area contributed by atoms with E-state index in [9.17, 15) is 0 Å². The minimum Gasteiger partial charge on any atom is -0.319 e. The molecule has 1 saturated carbocycles. The monoisotopic (exact) mass is 229 g/mol. The second kappa shape index (κ2) is 8.46. The summed E-state index contributed by atoms with van der Waals surface area (Å²) in [6, 6.07) is 0. The van der Waals surface area contributed by atoms with Gasteiger partial charge in [0.2, 0.25) is 0 Å². The van der Waals surface area contributed by atoms with Crippen molar-refractivity contribution in [3.8, 4) is 0 Å². The van der Waals surface area contributed by atoms with Crippen LogP contribution in [0.4, 0.5) is 0 Å². The first kappa shape index (κ1) is 13.4. The Hall–Kier alpha value is 0.310. The second-order valence-electron chi connectivity index (χ2n) is 4.70. The Morgan fingerprint density at radius 3 is 2.60 bits per heavy atom. The van der Waals surface area contributed by atoms with Crippen molar-refractivity contribution in [1.82, 2.24) is 5.32 Å². The van der Waals surface area contributed by atoms with Crippen molar-refractivity contribution in [3.05, 3.63) is 0 Å². The van der Waals surface area contributed by atoms with E-state index in [-0.39, 0.29) is 0 Å². The number of rotatable bonds is 7. The van der Waals surface area contributed by atoms with Crippen LogP contribution in [0.25, 0.3) is 0 Å². The van der Waals surface area contributed by atoms with E-state index in [1.807, 2.05) is 0 Å². The summed E-state index contributed by atoms with van der Waals surface area (Å²) in [7, 11) is 2.10. The predicted molar refractivity (Wildman–Crippen MR) is 71.6 cm³/mol. The van der Waals surface area contributed by atoms with Crippen molar-refractivity contribution in [3.63, 3.8) is 0 Å². The zero-order chi connectivity index (χ0) is 10.9. The summed E-state index contributed by atoms with van der Waals surface area (Å²) in [6.07, 6.45) is 8.80. The largest absolute Gasteiger partial charge is 0.319 e. The van der Waals surface area contributed by atoms with Gasteiger partial charge < -0.3 is 5.32 Å². The lowest BCUT2D eigenvalue weighted by atomic mass is 9.77. The molecular weight excluding hydrogens is 202 g/mol. The third kappa shape index (κ3) is 5.26. The van der Waals surface area contributed by atoms with Crippen molar-refractivity contribution >= 4 is 11.8 Å². The third-order valence-corrected chi connectivity index (χ3v) is 4.59. The predicted octanol–water partition coefficient (Wildman–Crippen LogP) is 3.55. The smallest absolute Gasteiger partial charge is 0.00209 e. The van der Waals surface area contributed by atoms with E-state index in [0.717, 1.165) is 11.8 Å². The van der Waals surface area contributed by atoms with E-state index in [4.69, 9.17) is 0 Å². The van der Waals surface area contributed by atoms with Crippen LogP contribution in [-0.4, -0.2) is 25.1 Å². The van der Waals surface area contributed by atoms with Gasteiger partial charge >= 0.3 is 0 Å². The van der Waals surface area contributed by atoms with Gasteiger partial charge in [-0.3, -0.25) is 0 Å². The summed E-state index contributed by atoms with van der Waals surface area (Å²) in [4.78, 5) is 0. The highest BCUT2D eigenvalue weighted by molar-refractivity contribution is 7.99. The summed E-state index contributed by atoms with van der Waals surface area (Å²) in [5.41, 5.74) is 0. The molecule has 0 spiro atoms. The molecule has 2 unspecified atom stereocenters. The summed E-state index contributed by atoms with van der Waals surface area (Å²) < 4.78 is 0. The highest BCUT2D eigenvalue weighted by atomic mass is 32.2. The average molecular weight is 229 g/mol. The molecule has 1 aliphatic carbocycles. The summed E-state index contributed by atoms with van der Waals surface area (Å²) in [6.45, 7) is 3.50. The number of hydrogen-bond donors (Lipinski definition) is 1. The Morgan fingerprint density at radius 2 is 1.93 bits per heavy atom. The van der Waals surface area contributed by atoms with Crippen LogP contribution in [0, 0.1) is 11.8 Å². The Labute approximate surface area is 99.8 Å². The minimum atomic E-state index is 0.968. The zero-order valence-electron chi connectivity index (χ0n) is 10.4. The number of nitrogens with one attached hydrogen (secondary N) is 1. The van der Waals surface area contributed by atoms with Crippen molar-refractivity contribution in [2.24, 2.45) is 11.8 Å². The van der Waals surface area contributed by atoms with Gasteiger partial charge in [0.1, 0.15) is 0 Å². The van der Waals surface area contributed by atoms with Crippen LogP contribution in [0.1, 0.15) is 45.4 Å². The molecule has 15 heavy (non-hydrogen) atoms. The van der Waals surface area contributed by atoms with Gasteiger partial charge in [-0.25, -0.2) is 0 Å². The Morgan fingerprint density at radius 1 is 1.20 bits per heavy atom. The van der Waals surface area contributed by atoms with Gasteiger partial charge in [0.15, 0.2) is 0 Å².